The summed E-state index contributed by atoms with van der Waals surface area (Å²) in [7, 11) is 0. The zero-order valence-corrected chi connectivity index (χ0v) is 9.00. The van der Waals surface area contributed by atoms with Gasteiger partial charge in [-0.2, -0.15) is 13.2 Å². The third-order valence-corrected chi connectivity index (χ3v) is 2.62. The van der Waals surface area contributed by atoms with Crippen LogP contribution >= 0.6 is 0 Å². The number of halogens is 3. The first-order valence-electron chi connectivity index (χ1n) is 5.28. The molecule has 1 aromatic rings. The minimum absolute atomic E-state index is 0.0808. The first kappa shape index (κ1) is 12.0. The Labute approximate surface area is 97.1 Å². The summed E-state index contributed by atoms with van der Waals surface area (Å²) < 4.78 is 41.8. The maximum absolute atomic E-state index is 12.3. The number of ether oxygens (including phenoxy) is 1. The largest absolute Gasteiger partial charge is 0.472 e. The highest BCUT2D eigenvalue weighted by Crippen LogP contribution is 2.29. The number of alkyl halides is 3. The average molecular weight is 242 g/mol. The molecule has 1 aliphatic heterocycles. The standard InChI is InChI=1S/C12H11F3NO/c13-12(14,15)10-4-1-9(2-5-10)3-6-11-7-17-8-16-11/h1-2,4-5,11H,3,6-7H2. The Bertz CT molecular complexity index is 397. The molecule has 2 nitrogen and oxygen atoms in total. The van der Waals surface area contributed by atoms with Gasteiger partial charge in [-0.05, 0) is 30.5 Å². The van der Waals surface area contributed by atoms with Gasteiger partial charge >= 0.3 is 6.18 Å². The van der Waals surface area contributed by atoms with Gasteiger partial charge in [0.15, 0.2) is 0 Å². The first-order chi connectivity index (χ1) is 8.05. The lowest BCUT2D eigenvalue weighted by atomic mass is 10.0. The molecule has 0 bridgehead atoms. The van der Waals surface area contributed by atoms with Gasteiger partial charge < -0.3 is 4.74 Å². The van der Waals surface area contributed by atoms with Crippen molar-refractivity contribution >= 4 is 6.40 Å². The molecule has 5 heteroatoms. The monoisotopic (exact) mass is 242 g/mol. The molecule has 0 fully saturated rings. The van der Waals surface area contributed by atoms with Crippen molar-refractivity contribution in [3.05, 3.63) is 35.4 Å². The smallest absolute Gasteiger partial charge is 0.416 e. The van der Waals surface area contributed by atoms with Crippen molar-refractivity contribution in [1.29, 1.82) is 0 Å². The van der Waals surface area contributed by atoms with Crippen LogP contribution in [0.5, 0.6) is 0 Å². The lowest BCUT2D eigenvalue weighted by Crippen LogP contribution is -2.08. The second-order valence-electron chi connectivity index (χ2n) is 3.92. The molecule has 1 aromatic carbocycles. The zero-order chi connectivity index (χ0) is 12.3. The number of aryl methyl sites for hydroxylation is 1. The fourth-order valence-corrected chi connectivity index (χ4v) is 1.62. The third-order valence-electron chi connectivity index (χ3n) is 2.62. The highest BCUT2D eigenvalue weighted by molar-refractivity contribution is 5.48. The van der Waals surface area contributed by atoms with E-state index in [0.29, 0.717) is 13.0 Å². The van der Waals surface area contributed by atoms with E-state index in [0.717, 1.165) is 24.1 Å². The molecule has 0 aliphatic carbocycles. The zero-order valence-electron chi connectivity index (χ0n) is 9.00. The van der Waals surface area contributed by atoms with Crippen molar-refractivity contribution in [2.24, 2.45) is 4.99 Å². The van der Waals surface area contributed by atoms with Gasteiger partial charge in [0, 0.05) is 0 Å². The number of nitrogens with zero attached hydrogens (tertiary/aromatic N) is 1. The minimum atomic E-state index is -4.27. The fraction of sp³-hybridized carbons (Fsp3) is 0.417. The molecule has 0 N–H and O–H groups in total. The van der Waals surface area contributed by atoms with Crippen LogP contribution in [0.15, 0.2) is 29.3 Å². The molecule has 1 atom stereocenters. The van der Waals surface area contributed by atoms with Crippen molar-refractivity contribution in [2.75, 3.05) is 6.61 Å². The maximum Gasteiger partial charge on any atom is 0.416 e. The number of aliphatic imine (C=N–C) groups is 1. The van der Waals surface area contributed by atoms with E-state index in [2.05, 4.69) is 11.4 Å². The summed E-state index contributed by atoms with van der Waals surface area (Å²) in [6.07, 6.45) is -0.399. The molecule has 91 valence electrons. The van der Waals surface area contributed by atoms with E-state index in [4.69, 9.17) is 4.74 Å². The second-order valence-corrected chi connectivity index (χ2v) is 3.92. The molecular weight excluding hydrogens is 231 g/mol. The normalized spacial score (nSPS) is 19.4. The van der Waals surface area contributed by atoms with E-state index in [1.165, 1.54) is 12.1 Å². The highest BCUT2D eigenvalue weighted by Gasteiger charge is 2.29. The predicted molar refractivity (Wildman–Crippen MR) is 56.9 cm³/mol. The van der Waals surface area contributed by atoms with Crippen LogP contribution in [0.3, 0.4) is 0 Å². The number of benzene rings is 1. The summed E-state index contributed by atoms with van der Waals surface area (Å²) in [5.74, 6) is 0. The van der Waals surface area contributed by atoms with Crippen molar-refractivity contribution in [2.45, 2.75) is 25.1 Å². The molecule has 2 rings (SSSR count). The fourth-order valence-electron chi connectivity index (χ4n) is 1.62. The van der Waals surface area contributed by atoms with Crippen molar-refractivity contribution in [1.82, 2.24) is 0 Å². The van der Waals surface area contributed by atoms with E-state index in [1.807, 2.05) is 0 Å². The molecule has 0 saturated carbocycles. The van der Waals surface area contributed by atoms with Crippen LogP contribution in [0.1, 0.15) is 17.5 Å². The second kappa shape index (κ2) is 4.77. The Morgan fingerprint density at radius 3 is 2.53 bits per heavy atom. The van der Waals surface area contributed by atoms with Crippen molar-refractivity contribution < 1.29 is 17.9 Å². The predicted octanol–water partition coefficient (Wildman–Crippen LogP) is 2.94. The van der Waals surface area contributed by atoms with Crippen LogP contribution in [0.2, 0.25) is 0 Å². The number of hydrogen-bond donors (Lipinski definition) is 0. The lowest BCUT2D eigenvalue weighted by Gasteiger charge is -2.08. The quantitative estimate of drug-likeness (QED) is 0.798. The minimum Gasteiger partial charge on any atom is -0.472 e. The van der Waals surface area contributed by atoms with Gasteiger partial charge in [-0.15, -0.1) is 0 Å². The van der Waals surface area contributed by atoms with Crippen LogP contribution in [0.4, 0.5) is 13.2 Å². The molecular formula is C12H11F3NO. The summed E-state index contributed by atoms with van der Waals surface area (Å²) in [5.41, 5.74) is 0.261. The number of rotatable bonds is 3. The first-order valence-corrected chi connectivity index (χ1v) is 5.28. The van der Waals surface area contributed by atoms with E-state index >= 15 is 0 Å². The van der Waals surface area contributed by atoms with Crippen LogP contribution in [-0.2, 0) is 17.3 Å². The van der Waals surface area contributed by atoms with Gasteiger partial charge in [-0.1, -0.05) is 12.1 Å². The van der Waals surface area contributed by atoms with Gasteiger partial charge in [-0.25, -0.2) is 4.99 Å². The van der Waals surface area contributed by atoms with Gasteiger partial charge in [-0.3, -0.25) is 0 Å². The van der Waals surface area contributed by atoms with Crippen LogP contribution < -0.4 is 0 Å². The number of hydrogen-bond acceptors (Lipinski definition) is 2. The van der Waals surface area contributed by atoms with Crippen LogP contribution in [0.25, 0.3) is 0 Å². The summed E-state index contributed by atoms with van der Waals surface area (Å²) in [4.78, 5) is 3.96. The third kappa shape index (κ3) is 3.22. The SMILES string of the molecule is FC(F)(F)c1ccc(CCC2CO[C]=N2)cc1. The van der Waals surface area contributed by atoms with Gasteiger partial charge in [0.2, 0.25) is 0 Å². The molecule has 0 spiro atoms. The average Bonchev–Trinajstić information content (AvgIpc) is 2.78. The van der Waals surface area contributed by atoms with Gasteiger partial charge in [0.25, 0.3) is 6.40 Å². The van der Waals surface area contributed by atoms with Crippen molar-refractivity contribution in [3.63, 3.8) is 0 Å². The molecule has 0 amide bonds. The van der Waals surface area contributed by atoms with Gasteiger partial charge in [0.1, 0.15) is 6.61 Å². The topological polar surface area (TPSA) is 21.6 Å². The molecule has 0 saturated heterocycles. The molecule has 1 heterocycles. The highest BCUT2D eigenvalue weighted by atomic mass is 19.4. The summed E-state index contributed by atoms with van der Waals surface area (Å²) in [5, 5.41) is 0. The van der Waals surface area contributed by atoms with Crippen LogP contribution in [0, 0.1) is 0 Å². The Balaban J connectivity index is 1.91. The van der Waals surface area contributed by atoms with E-state index in [9.17, 15) is 13.2 Å². The van der Waals surface area contributed by atoms with Crippen LogP contribution in [-0.4, -0.2) is 19.0 Å². The molecule has 17 heavy (non-hydrogen) atoms. The maximum atomic E-state index is 12.3. The Morgan fingerprint density at radius 2 is 2.00 bits per heavy atom. The summed E-state index contributed by atoms with van der Waals surface area (Å²) in [6, 6.07) is 5.31. The molecule has 1 unspecified atom stereocenters. The van der Waals surface area contributed by atoms with Gasteiger partial charge in [0.05, 0.1) is 11.6 Å². The molecule has 1 radical (unpaired) electrons. The summed E-state index contributed by atoms with van der Waals surface area (Å²) >= 11 is 0. The van der Waals surface area contributed by atoms with E-state index in [-0.39, 0.29) is 6.04 Å². The Morgan fingerprint density at radius 1 is 1.29 bits per heavy atom. The van der Waals surface area contributed by atoms with E-state index in [1.54, 1.807) is 0 Å². The molecule has 0 aromatic heterocycles. The summed E-state index contributed by atoms with van der Waals surface area (Å²) in [6.45, 7) is 0.515. The Kier molecular flexibility index (Phi) is 3.36. The van der Waals surface area contributed by atoms with Crippen molar-refractivity contribution in [3.8, 4) is 0 Å². The molecule has 1 aliphatic rings. The van der Waals surface area contributed by atoms with E-state index < -0.39 is 11.7 Å². The lowest BCUT2D eigenvalue weighted by molar-refractivity contribution is -0.137. The Hall–Kier alpha value is -1.52.